The number of thioether (sulfide) groups is 2. The van der Waals surface area contributed by atoms with E-state index < -0.39 is 0 Å². The van der Waals surface area contributed by atoms with Crippen LogP contribution in [0.25, 0.3) is 0 Å². The van der Waals surface area contributed by atoms with E-state index in [0.717, 1.165) is 11.8 Å². The van der Waals surface area contributed by atoms with Crippen molar-refractivity contribution in [3.8, 4) is 0 Å². The highest BCUT2D eigenvalue weighted by atomic mass is 32.2. The summed E-state index contributed by atoms with van der Waals surface area (Å²) in [6.45, 7) is 5.74. The van der Waals surface area contributed by atoms with Crippen LogP contribution in [0.15, 0.2) is 18.7 Å². The van der Waals surface area contributed by atoms with Crippen LogP contribution in [-0.4, -0.2) is 24.6 Å². The summed E-state index contributed by atoms with van der Waals surface area (Å²) < 4.78 is 2.71. The summed E-state index contributed by atoms with van der Waals surface area (Å²) in [7, 11) is 0. The average molecular weight is 355 g/mol. The molecule has 1 aliphatic heterocycles. The summed E-state index contributed by atoms with van der Waals surface area (Å²) in [4.78, 5) is 4.20. The van der Waals surface area contributed by atoms with Crippen molar-refractivity contribution in [1.29, 1.82) is 0 Å². The van der Waals surface area contributed by atoms with E-state index in [0.29, 0.717) is 4.08 Å². The van der Waals surface area contributed by atoms with Crippen molar-refractivity contribution in [1.82, 2.24) is 9.55 Å². The third kappa shape index (κ3) is 6.74. The molecule has 1 saturated heterocycles. The lowest BCUT2D eigenvalue weighted by molar-refractivity contribution is 0.528. The summed E-state index contributed by atoms with van der Waals surface area (Å²) in [5.41, 5.74) is 0. The van der Waals surface area contributed by atoms with E-state index in [4.69, 9.17) is 0 Å². The number of imidazole rings is 1. The van der Waals surface area contributed by atoms with Gasteiger partial charge in [0.1, 0.15) is 0 Å². The molecule has 2 nitrogen and oxygen atoms in total. The lowest BCUT2D eigenvalue weighted by atomic mass is 10.1. The van der Waals surface area contributed by atoms with Gasteiger partial charge in [0.25, 0.3) is 0 Å². The number of aromatic nitrogens is 2. The van der Waals surface area contributed by atoms with Gasteiger partial charge in [-0.05, 0) is 31.4 Å². The first-order valence-corrected chi connectivity index (χ1v) is 11.4. The maximum absolute atomic E-state index is 4.20. The van der Waals surface area contributed by atoms with Gasteiger partial charge in [-0.1, -0.05) is 52.4 Å². The van der Waals surface area contributed by atoms with E-state index in [2.05, 4.69) is 53.1 Å². The largest absolute Gasteiger partial charge is 0.337 e. The van der Waals surface area contributed by atoms with Crippen LogP contribution in [0.5, 0.6) is 0 Å². The SMILES string of the molecule is CCCCCCC1(CCn2ccnc2)SCCC(CCCC)S1. The molecular weight excluding hydrogens is 320 g/mol. The zero-order valence-electron chi connectivity index (χ0n) is 15.0. The highest BCUT2D eigenvalue weighted by Crippen LogP contribution is 2.52. The molecule has 0 bridgehead atoms. The minimum absolute atomic E-state index is 0.453. The van der Waals surface area contributed by atoms with Crippen LogP contribution in [0.4, 0.5) is 0 Å². The fraction of sp³-hybridized carbons (Fsp3) is 0.842. The van der Waals surface area contributed by atoms with Crippen molar-refractivity contribution < 1.29 is 0 Å². The number of aryl methyl sites for hydroxylation is 1. The third-order valence-corrected chi connectivity index (χ3v) is 8.45. The van der Waals surface area contributed by atoms with Crippen molar-refractivity contribution >= 4 is 23.5 Å². The fourth-order valence-electron chi connectivity index (χ4n) is 3.33. The second kappa shape index (κ2) is 10.7. The second-order valence-electron chi connectivity index (χ2n) is 6.79. The molecule has 0 radical (unpaired) electrons. The number of hydrogen-bond acceptors (Lipinski definition) is 3. The summed E-state index contributed by atoms with van der Waals surface area (Å²) in [6, 6.07) is 0. The lowest BCUT2D eigenvalue weighted by Gasteiger charge is -2.40. The van der Waals surface area contributed by atoms with Gasteiger partial charge in [-0.3, -0.25) is 0 Å². The number of nitrogens with zero attached hydrogens (tertiary/aromatic N) is 2. The molecule has 4 heteroatoms. The van der Waals surface area contributed by atoms with Gasteiger partial charge in [-0.2, -0.15) is 0 Å². The molecule has 0 aliphatic carbocycles. The van der Waals surface area contributed by atoms with Crippen LogP contribution in [0.2, 0.25) is 0 Å². The van der Waals surface area contributed by atoms with Gasteiger partial charge in [0.05, 0.1) is 10.4 Å². The highest BCUT2D eigenvalue weighted by molar-refractivity contribution is 8.19. The number of unbranched alkanes of at least 4 members (excludes halogenated alkanes) is 4. The first kappa shape index (κ1) is 19.2. The van der Waals surface area contributed by atoms with E-state index >= 15 is 0 Å². The molecule has 1 aromatic heterocycles. The van der Waals surface area contributed by atoms with Gasteiger partial charge in [0, 0.05) is 24.2 Å². The van der Waals surface area contributed by atoms with Crippen molar-refractivity contribution in [2.45, 2.75) is 93.9 Å². The van der Waals surface area contributed by atoms with Gasteiger partial charge in [-0.15, -0.1) is 23.5 Å². The maximum atomic E-state index is 4.20. The summed E-state index contributed by atoms with van der Waals surface area (Å²) in [6.07, 6.45) is 19.8. The Morgan fingerprint density at radius 3 is 2.74 bits per heavy atom. The normalized spacial score (nSPS) is 24.9. The van der Waals surface area contributed by atoms with Crippen molar-refractivity contribution in [3.05, 3.63) is 18.7 Å². The first-order chi connectivity index (χ1) is 11.3. The quantitative estimate of drug-likeness (QED) is 0.430. The Kier molecular flexibility index (Phi) is 8.96. The Morgan fingerprint density at radius 1 is 1.13 bits per heavy atom. The molecule has 132 valence electrons. The molecule has 0 N–H and O–H groups in total. The van der Waals surface area contributed by atoms with Gasteiger partial charge in [-0.25, -0.2) is 4.98 Å². The molecule has 2 rings (SSSR count). The molecule has 0 saturated carbocycles. The monoisotopic (exact) mass is 354 g/mol. The topological polar surface area (TPSA) is 17.8 Å². The van der Waals surface area contributed by atoms with E-state index in [1.165, 1.54) is 70.0 Å². The molecule has 0 spiro atoms. The van der Waals surface area contributed by atoms with Crippen molar-refractivity contribution in [3.63, 3.8) is 0 Å². The number of hydrogen-bond donors (Lipinski definition) is 0. The van der Waals surface area contributed by atoms with Crippen LogP contribution < -0.4 is 0 Å². The Hall–Kier alpha value is -0.0900. The smallest absolute Gasteiger partial charge is 0.0945 e. The van der Waals surface area contributed by atoms with Gasteiger partial charge in [0.15, 0.2) is 0 Å². The predicted molar refractivity (Wildman–Crippen MR) is 106 cm³/mol. The predicted octanol–water partition coefficient (Wildman–Crippen LogP) is 6.37. The maximum Gasteiger partial charge on any atom is 0.0945 e. The minimum Gasteiger partial charge on any atom is -0.337 e. The molecule has 2 unspecified atom stereocenters. The highest BCUT2D eigenvalue weighted by Gasteiger charge is 2.36. The average Bonchev–Trinajstić information content (AvgIpc) is 3.09. The standard InChI is InChI=1S/C19H34N2S2/c1-3-5-7-8-11-19(12-14-21-15-13-20-17-21)22-16-10-18(23-19)9-6-4-2/h13,15,17-18H,3-12,14,16H2,1-2H3. The minimum atomic E-state index is 0.453. The molecule has 1 aliphatic rings. The first-order valence-electron chi connectivity index (χ1n) is 9.55. The molecule has 23 heavy (non-hydrogen) atoms. The summed E-state index contributed by atoms with van der Waals surface area (Å²) >= 11 is 4.58. The Bertz CT molecular complexity index is 408. The van der Waals surface area contributed by atoms with E-state index in [1.807, 2.05) is 12.5 Å². The van der Waals surface area contributed by atoms with E-state index in [9.17, 15) is 0 Å². The molecule has 2 heterocycles. The molecule has 1 fully saturated rings. The second-order valence-corrected chi connectivity index (χ2v) is 10.2. The number of rotatable bonds is 11. The van der Waals surface area contributed by atoms with Gasteiger partial charge >= 0.3 is 0 Å². The van der Waals surface area contributed by atoms with Crippen molar-refractivity contribution in [2.75, 3.05) is 5.75 Å². The molecule has 1 aromatic rings. The van der Waals surface area contributed by atoms with E-state index in [1.54, 1.807) is 0 Å². The van der Waals surface area contributed by atoms with Crippen LogP contribution >= 0.6 is 23.5 Å². The Labute approximate surface area is 151 Å². The van der Waals surface area contributed by atoms with Crippen LogP contribution in [-0.2, 0) is 6.54 Å². The zero-order chi connectivity index (χ0) is 16.4. The van der Waals surface area contributed by atoms with Crippen LogP contribution in [0.3, 0.4) is 0 Å². The Morgan fingerprint density at radius 2 is 2.00 bits per heavy atom. The van der Waals surface area contributed by atoms with Gasteiger partial charge in [0.2, 0.25) is 0 Å². The summed E-state index contributed by atoms with van der Waals surface area (Å²) in [5.74, 6) is 1.36. The van der Waals surface area contributed by atoms with Crippen LogP contribution in [0.1, 0.15) is 78.1 Å². The molecule has 0 amide bonds. The van der Waals surface area contributed by atoms with Crippen LogP contribution in [0, 0.1) is 0 Å². The molecule has 2 atom stereocenters. The third-order valence-electron chi connectivity index (χ3n) is 4.79. The zero-order valence-corrected chi connectivity index (χ0v) is 16.6. The van der Waals surface area contributed by atoms with E-state index in [-0.39, 0.29) is 0 Å². The lowest BCUT2D eigenvalue weighted by Crippen LogP contribution is -2.31. The molecule has 0 aromatic carbocycles. The Balaban J connectivity index is 1.91. The fourth-order valence-corrected chi connectivity index (χ4v) is 7.31. The summed E-state index contributed by atoms with van der Waals surface area (Å²) in [5, 5.41) is 0.894. The molecular formula is C19H34N2S2. The van der Waals surface area contributed by atoms with Gasteiger partial charge < -0.3 is 4.57 Å². The van der Waals surface area contributed by atoms with Crippen molar-refractivity contribution in [2.24, 2.45) is 0 Å².